The van der Waals surface area contributed by atoms with E-state index in [2.05, 4.69) is 5.32 Å². The number of fused-ring (bicyclic) bond motifs is 1. The van der Waals surface area contributed by atoms with E-state index in [9.17, 15) is 9.59 Å². The largest absolute Gasteiger partial charge is 0.467 e. The van der Waals surface area contributed by atoms with Gasteiger partial charge in [0.2, 0.25) is 0 Å². The molecule has 0 aliphatic carbocycles. The predicted octanol–water partition coefficient (Wildman–Crippen LogP) is 3.43. The number of carbonyl (C=O) groups is 1. The number of rotatable bonds is 4. The molecule has 0 amide bonds. The maximum Gasteiger partial charge on any atom is 0.327 e. The number of carbonyl (C=O) groups excluding carboxylic acids is 1. The van der Waals surface area contributed by atoms with Gasteiger partial charge in [0.15, 0.2) is 5.43 Å². The van der Waals surface area contributed by atoms with Crippen LogP contribution in [0.3, 0.4) is 0 Å². The van der Waals surface area contributed by atoms with Gasteiger partial charge in [-0.1, -0.05) is 30.3 Å². The molecule has 2 aromatic carbocycles. The zero-order valence-corrected chi connectivity index (χ0v) is 13.4. The average molecular weight is 323 g/mol. The van der Waals surface area contributed by atoms with E-state index in [1.807, 2.05) is 30.3 Å². The van der Waals surface area contributed by atoms with Crippen LogP contribution in [0, 0.1) is 0 Å². The van der Waals surface area contributed by atoms with Crippen molar-refractivity contribution in [3.05, 3.63) is 64.8 Å². The summed E-state index contributed by atoms with van der Waals surface area (Å²) in [5, 5.41) is 3.52. The van der Waals surface area contributed by atoms with Crippen LogP contribution in [0.25, 0.3) is 22.3 Å². The molecule has 3 aromatic rings. The summed E-state index contributed by atoms with van der Waals surface area (Å²) < 4.78 is 10.6. The van der Waals surface area contributed by atoms with Crippen molar-refractivity contribution in [3.63, 3.8) is 0 Å². The summed E-state index contributed by atoms with van der Waals surface area (Å²) in [6.45, 7) is 1.70. The summed E-state index contributed by atoms with van der Waals surface area (Å²) in [4.78, 5) is 23.8. The third-order valence-electron chi connectivity index (χ3n) is 3.73. The second kappa shape index (κ2) is 6.58. The topological polar surface area (TPSA) is 68.5 Å². The van der Waals surface area contributed by atoms with Crippen LogP contribution < -0.4 is 10.7 Å². The molecule has 0 bridgehead atoms. The average Bonchev–Trinajstić information content (AvgIpc) is 2.61. The van der Waals surface area contributed by atoms with Crippen molar-refractivity contribution in [2.45, 2.75) is 13.0 Å². The van der Waals surface area contributed by atoms with Crippen LogP contribution in [-0.4, -0.2) is 19.1 Å². The van der Waals surface area contributed by atoms with Gasteiger partial charge in [0.05, 0.1) is 12.5 Å². The molecule has 0 unspecified atom stereocenters. The number of esters is 1. The van der Waals surface area contributed by atoms with Crippen molar-refractivity contribution in [1.29, 1.82) is 0 Å². The molecule has 0 fully saturated rings. The molecular formula is C19H17NO4. The first-order valence-corrected chi connectivity index (χ1v) is 7.56. The summed E-state index contributed by atoms with van der Waals surface area (Å²) in [7, 11) is 1.34. The molecule has 0 radical (unpaired) electrons. The summed E-state index contributed by atoms with van der Waals surface area (Å²) in [6.07, 6.45) is 0. The van der Waals surface area contributed by atoms with Gasteiger partial charge < -0.3 is 14.5 Å². The minimum Gasteiger partial charge on any atom is -0.467 e. The second-order valence-corrected chi connectivity index (χ2v) is 5.44. The van der Waals surface area contributed by atoms with E-state index >= 15 is 0 Å². The van der Waals surface area contributed by atoms with E-state index in [0.717, 1.165) is 5.56 Å². The minimum atomic E-state index is -0.503. The molecule has 24 heavy (non-hydrogen) atoms. The molecule has 1 N–H and O–H groups in total. The fourth-order valence-electron chi connectivity index (χ4n) is 2.48. The highest BCUT2D eigenvalue weighted by Crippen LogP contribution is 2.24. The van der Waals surface area contributed by atoms with Crippen LogP contribution in [0.4, 0.5) is 5.69 Å². The SMILES string of the molecule is COC(=O)[C@H](C)Nc1ccc2c(=O)cc(-c3ccccc3)oc2c1. The Morgan fingerprint density at radius 2 is 1.88 bits per heavy atom. The van der Waals surface area contributed by atoms with Crippen molar-refractivity contribution < 1.29 is 13.9 Å². The molecule has 0 aliphatic rings. The molecule has 5 heteroatoms. The van der Waals surface area contributed by atoms with E-state index in [0.29, 0.717) is 22.4 Å². The smallest absolute Gasteiger partial charge is 0.327 e. The minimum absolute atomic E-state index is 0.109. The first-order valence-electron chi connectivity index (χ1n) is 7.56. The first-order chi connectivity index (χ1) is 11.6. The van der Waals surface area contributed by atoms with E-state index in [4.69, 9.17) is 9.15 Å². The molecule has 1 atom stereocenters. The normalized spacial score (nSPS) is 11.9. The zero-order valence-electron chi connectivity index (χ0n) is 13.4. The lowest BCUT2D eigenvalue weighted by atomic mass is 10.1. The van der Waals surface area contributed by atoms with Gasteiger partial charge in [-0.3, -0.25) is 4.79 Å². The van der Waals surface area contributed by atoms with Crippen molar-refractivity contribution in [3.8, 4) is 11.3 Å². The van der Waals surface area contributed by atoms with E-state index in [-0.39, 0.29) is 11.4 Å². The molecule has 5 nitrogen and oxygen atoms in total. The number of ether oxygens (including phenoxy) is 1. The van der Waals surface area contributed by atoms with E-state index < -0.39 is 6.04 Å². The van der Waals surface area contributed by atoms with Gasteiger partial charge in [-0.2, -0.15) is 0 Å². The second-order valence-electron chi connectivity index (χ2n) is 5.44. The summed E-state index contributed by atoms with van der Waals surface area (Å²) >= 11 is 0. The third kappa shape index (κ3) is 3.15. The monoisotopic (exact) mass is 323 g/mol. The predicted molar refractivity (Wildman–Crippen MR) is 93.0 cm³/mol. The Morgan fingerprint density at radius 1 is 1.12 bits per heavy atom. The van der Waals surface area contributed by atoms with E-state index in [1.165, 1.54) is 13.2 Å². The lowest BCUT2D eigenvalue weighted by Crippen LogP contribution is -2.27. The molecule has 1 heterocycles. The fourth-order valence-corrected chi connectivity index (χ4v) is 2.48. The van der Waals surface area contributed by atoms with Gasteiger partial charge in [-0.05, 0) is 19.1 Å². The Balaban J connectivity index is 2.02. The van der Waals surface area contributed by atoms with Gasteiger partial charge in [0.1, 0.15) is 17.4 Å². The lowest BCUT2D eigenvalue weighted by molar-refractivity contribution is -0.141. The van der Waals surface area contributed by atoms with Gasteiger partial charge in [0.25, 0.3) is 0 Å². The number of nitrogens with one attached hydrogen (secondary N) is 1. The quantitative estimate of drug-likeness (QED) is 0.745. The van der Waals surface area contributed by atoms with Crippen LogP contribution in [0.15, 0.2) is 63.8 Å². The van der Waals surface area contributed by atoms with Crippen LogP contribution in [0.2, 0.25) is 0 Å². The van der Waals surface area contributed by atoms with E-state index in [1.54, 1.807) is 25.1 Å². The molecule has 122 valence electrons. The van der Waals surface area contributed by atoms with Crippen molar-refractivity contribution in [1.82, 2.24) is 0 Å². The fraction of sp³-hybridized carbons (Fsp3) is 0.158. The Bertz CT molecular complexity index is 931. The molecule has 0 spiro atoms. The van der Waals surface area contributed by atoms with Gasteiger partial charge >= 0.3 is 5.97 Å². The maximum atomic E-state index is 12.3. The standard InChI is InChI=1S/C19H17NO4/c1-12(19(22)23-2)20-14-8-9-15-16(21)11-17(24-18(15)10-14)13-6-4-3-5-7-13/h3-12,20H,1-2H3/t12-/m0/s1. The first kappa shape index (κ1) is 15.8. The number of benzene rings is 2. The summed E-state index contributed by atoms with van der Waals surface area (Å²) in [6, 6.07) is 15.5. The highest BCUT2D eigenvalue weighted by Gasteiger charge is 2.13. The van der Waals surface area contributed by atoms with Crippen molar-refractivity contribution >= 4 is 22.6 Å². The Labute approximate surface area is 138 Å². The number of hydrogen-bond acceptors (Lipinski definition) is 5. The molecule has 0 saturated carbocycles. The van der Waals surface area contributed by atoms with Crippen LogP contribution in [-0.2, 0) is 9.53 Å². The number of anilines is 1. The van der Waals surface area contributed by atoms with Gasteiger partial charge in [-0.25, -0.2) is 4.79 Å². The Kier molecular flexibility index (Phi) is 4.33. The highest BCUT2D eigenvalue weighted by atomic mass is 16.5. The van der Waals surface area contributed by atoms with Crippen LogP contribution in [0.5, 0.6) is 0 Å². The summed E-state index contributed by atoms with van der Waals surface area (Å²) in [5.74, 6) is 0.140. The van der Waals surface area contributed by atoms with Crippen molar-refractivity contribution in [2.24, 2.45) is 0 Å². The Morgan fingerprint density at radius 3 is 2.58 bits per heavy atom. The Hall–Kier alpha value is -3.08. The number of hydrogen-bond donors (Lipinski definition) is 1. The van der Waals surface area contributed by atoms with Crippen LogP contribution in [0.1, 0.15) is 6.92 Å². The van der Waals surface area contributed by atoms with Gasteiger partial charge in [0, 0.05) is 23.4 Å². The van der Waals surface area contributed by atoms with Gasteiger partial charge in [-0.15, -0.1) is 0 Å². The molecular weight excluding hydrogens is 306 g/mol. The third-order valence-corrected chi connectivity index (χ3v) is 3.73. The maximum absolute atomic E-state index is 12.3. The van der Waals surface area contributed by atoms with Crippen molar-refractivity contribution in [2.75, 3.05) is 12.4 Å². The summed E-state index contributed by atoms with van der Waals surface area (Å²) in [5.41, 5.74) is 1.86. The van der Waals surface area contributed by atoms with Crippen LogP contribution >= 0.6 is 0 Å². The highest BCUT2D eigenvalue weighted by molar-refractivity contribution is 5.84. The molecule has 0 saturated heterocycles. The molecule has 1 aromatic heterocycles. The molecule has 0 aliphatic heterocycles. The molecule has 3 rings (SSSR count). The zero-order chi connectivity index (χ0) is 17.1. The number of methoxy groups -OCH3 is 1. The lowest BCUT2D eigenvalue weighted by Gasteiger charge is -2.13.